The minimum Gasteiger partial charge on any atom is -0.465 e. The van der Waals surface area contributed by atoms with Gasteiger partial charge in [-0.3, -0.25) is 0 Å². The Balaban J connectivity index is 1.73. The lowest BCUT2D eigenvalue weighted by atomic mass is 10.2. The molecule has 0 aliphatic carbocycles. The predicted octanol–water partition coefficient (Wildman–Crippen LogP) is 2.60. The molecule has 0 spiro atoms. The van der Waals surface area contributed by atoms with E-state index in [1.165, 1.54) is 23.4 Å². The highest BCUT2D eigenvalue weighted by molar-refractivity contribution is 9.10. The van der Waals surface area contributed by atoms with Crippen molar-refractivity contribution in [1.82, 2.24) is 18.8 Å². The van der Waals surface area contributed by atoms with Crippen LogP contribution in [0.25, 0.3) is 11.0 Å². The summed E-state index contributed by atoms with van der Waals surface area (Å²) in [7, 11) is -3.85. The molecule has 1 unspecified atom stereocenters. The standard InChI is InChI=1S/C17H16BrN5O4S/c18-14-8-13-15(21-11-6-7-22(9-11)17(24)25)19-10-20-16(13)23(14)28(26,27)12-4-2-1-3-5-12/h1-5,8,10-11H,6-7,9H2,(H,24,25)(H,19,20,21). The molecular weight excluding hydrogens is 450 g/mol. The topological polar surface area (TPSA) is 117 Å². The van der Waals surface area contributed by atoms with E-state index in [1.54, 1.807) is 24.3 Å². The molecule has 1 aromatic carbocycles. The number of fused-ring (bicyclic) bond motifs is 1. The van der Waals surface area contributed by atoms with Gasteiger partial charge in [-0.25, -0.2) is 27.2 Å². The number of nitrogens with zero attached hydrogens (tertiary/aromatic N) is 4. The molecule has 146 valence electrons. The fourth-order valence-corrected chi connectivity index (χ4v) is 5.58. The third-order valence-electron chi connectivity index (χ3n) is 4.59. The molecule has 1 amide bonds. The fraction of sp³-hybridized carbons (Fsp3) is 0.235. The van der Waals surface area contributed by atoms with Gasteiger partial charge in [0.2, 0.25) is 0 Å². The van der Waals surface area contributed by atoms with Gasteiger partial charge in [-0.15, -0.1) is 0 Å². The fourth-order valence-electron chi connectivity index (χ4n) is 3.25. The van der Waals surface area contributed by atoms with Gasteiger partial charge in [-0.05, 0) is 40.5 Å². The number of halogens is 1. The zero-order valence-corrected chi connectivity index (χ0v) is 16.9. The van der Waals surface area contributed by atoms with Crippen molar-refractivity contribution < 1.29 is 18.3 Å². The van der Waals surface area contributed by atoms with E-state index < -0.39 is 16.1 Å². The van der Waals surface area contributed by atoms with Gasteiger partial charge in [0.1, 0.15) is 16.7 Å². The monoisotopic (exact) mass is 465 g/mol. The van der Waals surface area contributed by atoms with Crippen molar-refractivity contribution >= 4 is 48.9 Å². The zero-order valence-electron chi connectivity index (χ0n) is 14.5. The van der Waals surface area contributed by atoms with E-state index in [9.17, 15) is 13.2 Å². The second-order valence-electron chi connectivity index (χ2n) is 6.37. The Morgan fingerprint density at radius 2 is 2.00 bits per heavy atom. The summed E-state index contributed by atoms with van der Waals surface area (Å²) in [5.41, 5.74) is 0.237. The minimum atomic E-state index is -3.85. The summed E-state index contributed by atoms with van der Waals surface area (Å²) in [5, 5.41) is 12.8. The van der Waals surface area contributed by atoms with Crippen LogP contribution in [0.3, 0.4) is 0 Å². The zero-order chi connectivity index (χ0) is 19.9. The second kappa shape index (κ2) is 7.06. The van der Waals surface area contributed by atoms with Crippen molar-refractivity contribution in [3.63, 3.8) is 0 Å². The summed E-state index contributed by atoms with van der Waals surface area (Å²) >= 11 is 3.32. The van der Waals surface area contributed by atoms with E-state index >= 15 is 0 Å². The first-order valence-electron chi connectivity index (χ1n) is 8.45. The van der Waals surface area contributed by atoms with Crippen LogP contribution < -0.4 is 5.32 Å². The summed E-state index contributed by atoms with van der Waals surface area (Å²) in [5.74, 6) is 0.463. The first-order valence-corrected chi connectivity index (χ1v) is 10.7. The largest absolute Gasteiger partial charge is 0.465 e. The highest BCUT2D eigenvalue weighted by Gasteiger charge is 2.28. The van der Waals surface area contributed by atoms with Gasteiger partial charge in [-0.1, -0.05) is 18.2 Å². The van der Waals surface area contributed by atoms with Crippen molar-refractivity contribution in [2.24, 2.45) is 0 Å². The molecule has 1 aliphatic heterocycles. The Bertz CT molecular complexity index is 1150. The van der Waals surface area contributed by atoms with Gasteiger partial charge in [0, 0.05) is 19.1 Å². The third kappa shape index (κ3) is 3.20. The molecule has 0 bridgehead atoms. The molecule has 1 saturated heterocycles. The Kier molecular flexibility index (Phi) is 4.71. The predicted molar refractivity (Wildman–Crippen MR) is 106 cm³/mol. The quantitative estimate of drug-likeness (QED) is 0.607. The van der Waals surface area contributed by atoms with E-state index in [4.69, 9.17) is 5.11 Å². The number of hydrogen-bond acceptors (Lipinski definition) is 6. The molecule has 3 heterocycles. The second-order valence-corrected chi connectivity index (χ2v) is 8.97. The van der Waals surface area contributed by atoms with Crippen LogP contribution in [-0.4, -0.2) is 57.6 Å². The molecule has 2 N–H and O–H groups in total. The van der Waals surface area contributed by atoms with Gasteiger partial charge in [0.15, 0.2) is 5.65 Å². The first-order chi connectivity index (χ1) is 13.4. The highest BCUT2D eigenvalue weighted by Crippen LogP contribution is 2.31. The number of carbonyl (C=O) groups is 1. The molecule has 2 aromatic heterocycles. The van der Waals surface area contributed by atoms with E-state index in [2.05, 4.69) is 31.2 Å². The molecule has 0 radical (unpaired) electrons. The van der Waals surface area contributed by atoms with Crippen molar-refractivity contribution in [2.45, 2.75) is 17.4 Å². The number of benzene rings is 1. The molecule has 1 atom stereocenters. The van der Waals surface area contributed by atoms with Crippen LogP contribution in [0.5, 0.6) is 0 Å². The average Bonchev–Trinajstić information content (AvgIpc) is 3.27. The maximum absolute atomic E-state index is 13.1. The number of carboxylic acid groups (broad SMARTS) is 1. The van der Waals surface area contributed by atoms with Gasteiger partial charge in [0.25, 0.3) is 10.0 Å². The molecule has 4 rings (SSSR count). The van der Waals surface area contributed by atoms with Gasteiger partial charge in [-0.2, -0.15) is 0 Å². The van der Waals surface area contributed by atoms with E-state index in [0.717, 1.165) is 3.97 Å². The van der Waals surface area contributed by atoms with Crippen LogP contribution >= 0.6 is 15.9 Å². The lowest BCUT2D eigenvalue weighted by Gasteiger charge is -2.15. The van der Waals surface area contributed by atoms with Crippen molar-refractivity contribution in [3.8, 4) is 0 Å². The maximum Gasteiger partial charge on any atom is 0.407 e. The van der Waals surface area contributed by atoms with Crippen LogP contribution in [0.2, 0.25) is 0 Å². The van der Waals surface area contributed by atoms with Crippen LogP contribution in [-0.2, 0) is 10.0 Å². The normalized spacial score (nSPS) is 17.2. The minimum absolute atomic E-state index is 0.109. The van der Waals surface area contributed by atoms with Crippen molar-refractivity contribution in [1.29, 1.82) is 0 Å². The van der Waals surface area contributed by atoms with Crippen molar-refractivity contribution in [2.75, 3.05) is 18.4 Å². The molecule has 3 aromatic rings. The van der Waals surface area contributed by atoms with Gasteiger partial charge >= 0.3 is 6.09 Å². The number of rotatable bonds is 4. The number of likely N-dealkylation sites (tertiary alicyclic amines) is 1. The van der Waals surface area contributed by atoms with Crippen LogP contribution in [0.15, 0.2) is 52.2 Å². The van der Waals surface area contributed by atoms with Crippen molar-refractivity contribution in [3.05, 3.63) is 47.3 Å². The van der Waals surface area contributed by atoms with E-state index in [0.29, 0.717) is 35.3 Å². The van der Waals surface area contributed by atoms with Gasteiger partial charge < -0.3 is 15.3 Å². The van der Waals surface area contributed by atoms with E-state index in [-0.39, 0.29) is 16.6 Å². The summed E-state index contributed by atoms with van der Waals surface area (Å²) in [6.45, 7) is 0.777. The lowest BCUT2D eigenvalue weighted by molar-refractivity contribution is 0.155. The van der Waals surface area contributed by atoms with Gasteiger partial charge in [0.05, 0.1) is 10.3 Å². The summed E-state index contributed by atoms with van der Waals surface area (Å²) in [6, 6.07) is 9.63. The number of anilines is 1. The SMILES string of the molecule is O=C(O)N1CCC(Nc2ncnc3c2cc(Br)n3S(=O)(=O)c2ccccc2)C1. The van der Waals surface area contributed by atoms with E-state index in [1.807, 2.05) is 0 Å². The smallest absolute Gasteiger partial charge is 0.407 e. The van der Waals surface area contributed by atoms with Crippen LogP contribution in [0.1, 0.15) is 6.42 Å². The first kappa shape index (κ1) is 18.7. The Morgan fingerprint density at radius 3 is 2.68 bits per heavy atom. The number of aromatic nitrogens is 3. The molecule has 1 fully saturated rings. The molecule has 1 aliphatic rings. The van der Waals surface area contributed by atoms with Crippen LogP contribution in [0, 0.1) is 0 Å². The number of nitrogens with one attached hydrogen (secondary N) is 1. The molecule has 9 nitrogen and oxygen atoms in total. The molecule has 0 saturated carbocycles. The number of amides is 1. The Hall–Kier alpha value is -2.66. The summed E-state index contributed by atoms with van der Waals surface area (Å²) in [4.78, 5) is 21.0. The highest BCUT2D eigenvalue weighted by atomic mass is 79.9. The molecule has 28 heavy (non-hydrogen) atoms. The van der Waals surface area contributed by atoms with Crippen LogP contribution in [0.4, 0.5) is 10.6 Å². The Labute approximate surface area is 169 Å². The Morgan fingerprint density at radius 1 is 1.25 bits per heavy atom. The number of hydrogen-bond donors (Lipinski definition) is 2. The third-order valence-corrected chi connectivity index (χ3v) is 7.13. The summed E-state index contributed by atoms with van der Waals surface area (Å²) in [6.07, 6.45) is 0.972. The lowest BCUT2D eigenvalue weighted by Crippen LogP contribution is -2.30. The maximum atomic E-state index is 13.1. The molecule has 11 heteroatoms. The molecular formula is C17H16BrN5O4S. The average molecular weight is 466 g/mol. The summed E-state index contributed by atoms with van der Waals surface area (Å²) < 4.78 is 27.6.